The minimum absolute atomic E-state index is 0.116. The Balaban J connectivity index is 2.55. The number of alkyl halides is 3. The first-order valence-corrected chi connectivity index (χ1v) is 3.11. The molecular weight excluding hydrogens is 179 g/mol. The van der Waals surface area contributed by atoms with Gasteiger partial charge in [0.05, 0.1) is 6.54 Å². The highest BCUT2D eigenvalue weighted by Crippen LogP contribution is 2.20. The number of carbonyl (C=O) groups excluding carboxylic acids is 1. The predicted octanol–water partition coefficient (Wildman–Crippen LogP) is -0.317. The van der Waals surface area contributed by atoms with Crippen LogP contribution >= 0.6 is 0 Å². The second-order valence-electron chi connectivity index (χ2n) is 2.31. The van der Waals surface area contributed by atoms with Gasteiger partial charge in [-0.25, -0.2) is 5.06 Å². The normalized spacial score (nSPS) is 24.7. The number of hydroxylamine groups is 2. The van der Waals surface area contributed by atoms with Gasteiger partial charge in [-0.15, -0.1) is 0 Å². The molecule has 0 aromatic carbocycles. The van der Waals surface area contributed by atoms with Crippen molar-refractivity contribution in [3.05, 3.63) is 0 Å². The average molecular weight is 185 g/mol. The smallest absolute Gasteiger partial charge is 0.389 e. The number of aliphatic hydroxyl groups excluding tert-OH is 1. The molecule has 1 rings (SSSR count). The van der Waals surface area contributed by atoms with Gasteiger partial charge < -0.3 is 5.11 Å². The first-order valence-electron chi connectivity index (χ1n) is 3.11. The van der Waals surface area contributed by atoms with Crippen molar-refractivity contribution < 1.29 is 27.9 Å². The molecule has 1 amide bonds. The number of carbonyl (C=O) groups is 1. The molecule has 0 aromatic rings. The van der Waals surface area contributed by atoms with Gasteiger partial charge in [-0.05, 0) is 0 Å². The van der Waals surface area contributed by atoms with Gasteiger partial charge in [0.25, 0.3) is 0 Å². The maximum Gasteiger partial charge on any atom is 0.473 e. The van der Waals surface area contributed by atoms with Crippen LogP contribution in [0.1, 0.15) is 0 Å². The monoisotopic (exact) mass is 185 g/mol. The van der Waals surface area contributed by atoms with Crippen molar-refractivity contribution in [3.8, 4) is 0 Å². The van der Waals surface area contributed by atoms with Crippen molar-refractivity contribution in [2.24, 2.45) is 0 Å². The Morgan fingerprint density at radius 3 is 2.50 bits per heavy atom. The fourth-order valence-corrected chi connectivity index (χ4v) is 0.756. The Morgan fingerprint density at radius 2 is 2.17 bits per heavy atom. The second-order valence-corrected chi connectivity index (χ2v) is 2.31. The molecule has 1 N–H and O–H groups in total. The number of amides is 1. The molecule has 70 valence electrons. The van der Waals surface area contributed by atoms with Crippen molar-refractivity contribution in [2.75, 3.05) is 13.2 Å². The number of aliphatic hydroxyl groups is 1. The summed E-state index contributed by atoms with van der Waals surface area (Å²) >= 11 is 0. The molecule has 0 bridgehead atoms. The van der Waals surface area contributed by atoms with Gasteiger partial charge in [-0.3, -0.25) is 9.63 Å². The molecule has 0 aliphatic carbocycles. The predicted molar refractivity (Wildman–Crippen MR) is 29.7 cm³/mol. The second kappa shape index (κ2) is 2.91. The third-order valence-corrected chi connectivity index (χ3v) is 1.27. The average Bonchev–Trinajstić information content (AvgIpc) is 2.32. The molecule has 0 spiro atoms. The molecule has 1 unspecified atom stereocenters. The lowest BCUT2D eigenvalue weighted by Crippen LogP contribution is -2.39. The van der Waals surface area contributed by atoms with E-state index in [-0.39, 0.29) is 11.7 Å². The summed E-state index contributed by atoms with van der Waals surface area (Å²) in [5.74, 6) is -2.08. The quantitative estimate of drug-likeness (QED) is 0.562. The number of β-amino-alcohol motifs (C(OH)–C–C–N with tert-alkyl or cyclic N) is 1. The van der Waals surface area contributed by atoms with Gasteiger partial charge in [-0.1, -0.05) is 0 Å². The lowest BCUT2D eigenvalue weighted by atomic mass is 10.4. The van der Waals surface area contributed by atoms with Crippen LogP contribution in [0.5, 0.6) is 0 Å². The Labute approximate surface area is 65.5 Å². The third-order valence-electron chi connectivity index (χ3n) is 1.27. The summed E-state index contributed by atoms with van der Waals surface area (Å²) in [7, 11) is 0. The zero-order chi connectivity index (χ0) is 9.35. The van der Waals surface area contributed by atoms with E-state index in [9.17, 15) is 18.0 Å². The van der Waals surface area contributed by atoms with E-state index < -0.39 is 24.7 Å². The van der Waals surface area contributed by atoms with Crippen LogP contribution in [0.15, 0.2) is 0 Å². The van der Waals surface area contributed by atoms with Crippen LogP contribution in [0.4, 0.5) is 13.2 Å². The van der Waals surface area contributed by atoms with E-state index in [1.807, 2.05) is 0 Å². The van der Waals surface area contributed by atoms with Gasteiger partial charge in [0.1, 0.15) is 12.7 Å². The molecule has 4 nitrogen and oxygen atoms in total. The van der Waals surface area contributed by atoms with Gasteiger partial charge in [0.15, 0.2) is 0 Å². The summed E-state index contributed by atoms with van der Waals surface area (Å²) in [4.78, 5) is 14.6. The van der Waals surface area contributed by atoms with Gasteiger partial charge in [0, 0.05) is 0 Å². The molecule has 1 saturated heterocycles. The summed E-state index contributed by atoms with van der Waals surface area (Å²) in [6.07, 6.45) is -5.97. The first kappa shape index (κ1) is 9.27. The summed E-state index contributed by atoms with van der Waals surface area (Å²) in [5, 5.41) is 8.84. The van der Waals surface area contributed by atoms with Crippen molar-refractivity contribution in [1.82, 2.24) is 5.06 Å². The van der Waals surface area contributed by atoms with Crippen LogP contribution in [0.2, 0.25) is 0 Å². The Hall–Kier alpha value is -0.820. The molecule has 1 heterocycles. The molecule has 0 aromatic heterocycles. The van der Waals surface area contributed by atoms with E-state index in [4.69, 9.17) is 5.11 Å². The lowest BCUT2D eigenvalue weighted by Gasteiger charge is -2.14. The van der Waals surface area contributed by atoms with Crippen LogP contribution in [-0.2, 0) is 9.63 Å². The number of nitrogens with zero attached hydrogens (tertiary/aromatic N) is 1. The van der Waals surface area contributed by atoms with Gasteiger partial charge in [-0.2, -0.15) is 13.2 Å². The molecule has 0 saturated carbocycles. The Bertz CT molecular complexity index is 193. The van der Waals surface area contributed by atoms with Crippen molar-refractivity contribution >= 4 is 5.91 Å². The van der Waals surface area contributed by atoms with Crippen LogP contribution in [0.25, 0.3) is 0 Å². The van der Waals surface area contributed by atoms with Gasteiger partial charge >= 0.3 is 12.1 Å². The Morgan fingerprint density at radius 1 is 1.58 bits per heavy atom. The number of hydrogen-bond donors (Lipinski definition) is 1. The molecule has 1 aliphatic rings. The van der Waals surface area contributed by atoms with E-state index in [1.54, 1.807) is 0 Å². The third kappa shape index (κ3) is 1.86. The lowest BCUT2D eigenvalue weighted by molar-refractivity contribution is -0.217. The highest BCUT2D eigenvalue weighted by Gasteiger charge is 2.45. The van der Waals surface area contributed by atoms with E-state index in [1.165, 1.54) is 0 Å². The van der Waals surface area contributed by atoms with Gasteiger partial charge in [0.2, 0.25) is 0 Å². The van der Waals surface area contributed by atoms with E-state index in [2.05, 4.69) is 4.84 Å². The molecular formula is C5H6F3NO3. The van der Waals surface area contributed by atoms with Crippen LogP contribution in [0, 0.1) is 0 Å². The standard InChI is InChI=1S/C5H6F3NO3/c6-5(7,8)4(11)9-1-3(10)2-12-9/h3,10H,1-2H2. The first-order chi connectivity index (χ1) is 5.41. The van der Waals surface area contributed by atoms with Crippen molar-refractivity contribution in [2.45, 2.75) is 12.3 Å². The van der Waals surface area contributed by atoms with Crippen LogP contribution in [-0.4, -0.2) is 41.5 Å². The zero-order valence-electron chi connectivity index (χ0n) is 5.84. The maximum absolute atomic E-state index is 11.7. The van der Waals surface area contributed by atoms with Crippen LogP contribution < -0.4 is 0 Å². The SMILES string of the molecule is O=C(N1CC(O)CO1)C(F)(F)F. The van der Waals surface area contributed by atoms with E-state index in [0.717, 1.165) is 0 Å². The number of halogens is 3. The number of rotatable bonds is 0. The van der Waals surface area contributed by atoms with E-state index >= 15 is 0 Å². The highest BCUT2D eigenvalue weighted by atomic mass is 19.4. The molecule has 1 fully saturated rings. The summed E-state index contributed by atoms with van der Waals surface area (Å²) < 4.78 is 35.0. The van der Waals surface area contributed by atoms with Crippen molar-refractivity contribution in [1.29, 1.82) is 0 Å². The highest BCUT2D eigenvalue weighted by molar-refractivity contribution is 5.81. The fourth-order valence-electron chi connectivity index (χ4n) is 0.756. The summed E-state index contributed by atoms with van der Waals surface area (Å²) in [5.41, 5.74) is 0. The molecule has 12 heavy (non-hydrogen) atoms. The largest absolute Gasteiger partial charge is 0.473 e. The molecule has 1 aliphatic heterocycles. The minimum atomic E-state index is -4.94. The summed E-state index contributed by atoms with van der Waals surface area (Å²) in [6.45, 7) is -0.708. The van der Waals surface area contributed by atoms with Crippen molar-refractivity contribution in [3.63, 3.8) is 0 Å². The molecule has 0 radical (unpaired) electrons. The molecule has 7 heteroatoms. The number of hydrogen-bond acceptors (Lipinski definition) is 3. The Kier molecular flexibility index (Phi) is 2.25. The molecule has 1 atom stereocenters. The van der Waals surface area contributed by atoms with Crippen LogP contribution in [0.3, 0.4) is 0 Å². The summed E-state index contributed by atoms with van der Waals surface area (Å²) in [6, 6.07) is 0. The zero-order valence-corrected chi connectivity index (χ0v) is 5.84. The fraction of sp³-hybridized carbons (Fsp3) is 0.800. The maximum atomic E-state index is 11.7. The topological polar surface area (TPSA) is 49.8 Å². The minimum Gasteiger partial charge on any atom is -0.389 e. The van der Waals surface area contributed by atoms with E-state index in [0.29, 0.717) is 0 Å².